The van der Waals surface area contributed by atoms with Crippen LogP contribution in [-0.4, -0.2) is 72.1 Å². The van der Waals surface area contributed by atoms with E-state index in [1.165, 1.54) is 0 Å². The Balaban J connectivity index is 2.35. The predicted molar refractivity (Wildman–Crippen MR) is 244 cm³/mol. The third-order valence-electron chi connectivity index (χ3n) is 8.93. The Morgan fingerprint density at radius 1 is 0.590 bits per heavy atom. The first-order chi connectivity index (χ1) is 29.6. The molecule has 61 heavy (non-hydrogen) atoms. The van der Waals surface area contributed by atoms with Crippen molar-refractivity contribution in [2.45, 2.75) is 154 Å². The minimum Gasteiger partial charge on any atom is -0.480 e. The van der Waals surface area contributed by atoms with Crippen molar-refractivity contribution in [3.8, 4) is 0 Å². The van der Waals surface area contributed by atoms with Crippen LogP contribution in [0, 0.1) is 0 Å². The summed E-state index contributed by atoms with van der Waals surface area (Å²) in [5.41, 5.74) is 5.33. The van der Waals surface area contributed by atoms with Crippen LogP contribution in [0.5, 0.6) is 0 Å². The van der Waals surface area contributed by atoms with Gasteiger partial charge >= 0.3 is 25.7 Å². The summed E-state index contributed by atoms with van der Waals surface area (Å²) >= 11 is 0. The zero-order valence-electron chi connectivity index (χ0n) is 36.6. The minimum absolute atomic E-state index is 0.0804. The van der Waals surface area contributed by atoms with E-state index < -0.39 is 57.7 Å². The maximum absolute atomic E-state index is 12.6. The van der Waals surface area contributed by atoms with Gasteiger partial charge in [0, 0.05) is 12.8 Å². The molecule has 0 saturated carbocycles. The number of ether oxygens (including phenoxy) is 3. The van der Waals surface area contributed by atoms with Crippen molar-refractivity contribution in [1.82, 2.24) is 0 Å². The molecule has 1 aliphatic rings. The third kappa shape index (κ3) is 35.4. The van der Waals surface area contributed by atoms with Gasteiger partial charge in [-0.05, 0) is 89.9 Å². The Morgan fingerprint density at radius 2 is 1.05 bits per heavy atom. The Hall–Kier alpha value is -3.90. The molecule has 342 valence electrons. The lowest BCUT2D eigenvalue weighted by Crippen LogP contribution is -2.34. The zero-order valence-corrected chi connectivity index (χ0v) is 37.5. The maximum atomic E-state index is 12.6. The van der Waals surface area contributed by atoms with E-state index >= 15 is 0 Å². The maximum Gasteiger partial charge on any atom is 0.472 e. The molecule has 4 N–H and O–H groups in total. The fraction of sp³-hybridized carbons (Fsp3) is 0.562. The van der Waals surface area contributed by atoms with Crippen LogP contribution < -0.4 is 5.73 Å². The molecule has 1 saturated heterocycles. The van der Waals surface area contributed by atoms with Crippen molar-refractivity contribution in [2.75, 3.05) is 19.8 Å². The lowest BCUT2D eigenvalue weighted by Gasteiger charge is -2.20. The monoisotopic (exact) mass is 871 g/mol. The fourth-order valence-electron chi connectivity index (χ4n) is 5.42. The van der Waals surface area contributed by atoms with Gasteiger partial charge in [0.1, 0.15) is 12.6 Å². The number of unbranched alkanes of at least 4 members (excludes halogenated alkanes) is 4. The predicted octanol–water partition coefficient (Wildman–Crippen LogP) is 10.8. The number of rotatable bonds is 38. The minimum atomic E-state index is -4.75. The number of aliphatic carboxylic acids is 1. The van der Waals surface area contributed by atoms with Gasteiger partial charge in [0.2, 0.25) is 0 Å². The molecule has 0 aromatic rings. The number of carbonyl (C=O) groups excluding carboxylic acids is 2. The van der Waals surface area contributed by atoms with Crippen molar-refractivity contribution < 1.29 is 52.2 Å². The van der Waals surface area contributed by atoms with E-state index in [9.17, 15) is 23.8 Å². The Kier molecular flexibility index (Phi) is 34.2. The van der Waals surface area contributed by atoms with Crippen molar-refractivity contribution in [3.05, 3.63) is 109 Å². The van der Waals surface area contributed by atoms with Gasteiger partial charge in [-0.25, -0.2) is 4.57 Å². The molecule has 1 aliphatic heterocycles. The molecule has 13 heteroatoms. The van der Waals surface area contributed by atoms with E-state index in [1.54, 1.807) is 0 Å². The molecule has 1 heterocycles. The third-order valence-corrected chi connectivity index (χ3v) is 9.88. The molecule has 1 fully saturated rings. The second-order valence-electron chi connectivity index (χ2n) is 14.4. The van der Waals surface area contributed by atoms with Gasteiger partial charge in [-0.3, -0.25) is 23.4 Å². The van der Waals surface area contributed by atoms with E-state index in [4.69, 9.17) is 29.6 Å². The van der Waals surface area contributed by atoms with Crippen molar-refractivity contribution in [1.29, 1.82) is 0 Å². The summed E-state index contributed by atoms with van der Waals surface area (Å²) in [6, 6.07) is -1.54. The van der Waals surface area contributed by atoms with Gasteiger partial charge in [-0.2, -0.15) is 0 Å². The molecule has 0 radical (unpaired) electrons. The highest BCUT2D eigenvalue weighted by Gasteiger charge is 2.36. The first-order valence-corrected chi connectivity index (χ1v) is 23.5. The largest absolute Gasteiger partial charge is 0.480 e. The average Bonchev–Trinajstić information content (AvgIpc) is 3.99. The summed E-state index contributed by atoms with van der Waals surface area (Å²) in [5, 5.41) is 8.90. The number of hydrogen-bond acceptors (Lipinski definition) is 10. The number of allylic oxidation sites excluding steroid dienone is 16. The Bertz CT molecular complexity index is 1510. The lowest BCUT2D eigenvalue weighted by molar-refractivity contribution is -0.161. The van der Waals surface area contributed by atoms with Crippen molar-refractivity contribution in [3.63, 3.8) is 0 Å². The first-order valence-electron chi connectivity index (χ1n) is 22.0. The first kappa shape index (κ1) is 55.1. The highest BCUT2D eigenvalue weighted by molar-refractivity contribution is 7.47. The molecule has 0 aliphatic carbocycles. The molecule has 12 nitrogen and oxygen atoms in total. The number of phosphoric ester groups is 1. The highest BCUT2D eigenvalue weighted by Crippen LogP contribution is 2.43. The topological polar surface area (TPSA) is 184 Å². The standard InChI is InChI=1S/C48H74NO11P/c1-3-5-7-8-9-10-11-12-13-14-15-16-21-24-27-30-34-38-47(51)59-42(40-57-61(54,55)58-41-43(49)48(52)53)39-56-46(50)37-33-29-26-23-20-18-17-19-22-25-28-32-36-45-44(60-45)35-31-6-4-2/h5-7,9-10,12-13,15-16,18-20,22,26,28-29,31-32,42-45H,3-4,8,11,14,17,21,23-25,27,30,33-41,49H2,1-2H3,(H,52,53)(H,54,55)/b7-5-,10-9-,13-12-,16-15-,20-18-,22-19-,29-26-,31-6-,32-28-/t42-,43+,44?,45?/m1/s1. The van der Waals surface area contributed by atoms with E-state index in [1.807, 2.05) is 12.2 Å². The van der Waals surface area contributed by atoms with E-state index in [2.05, 4.69) is 116 Å². The smallest absolute Gasteiger partial charge is 0.472 e. The quantitative estimate of drug-likeness (QED) is 0.0176. The number of nitrogens with two attached hydrogens (primary N) is 1. The molecular formula is C48H74NO11P. The average molecular weight is 872 g/mol. The van der Waals surface area contributed by atoms with Gasteiger partial charge in [0.05, 0.1) is 25.4 Å². The van der Waals surface area contributed by atoms with Gasteiger partial charge in [0.15, 0.2) is 6.10 Å². The molecule has 0 bridgehead atoms. The summed E-state index contributed by atoms with van der Waals surface area (Å²) in [6.07, 6.45) is 52.1. The summed E-state index contributed by atoms with van der Waals surface area (Å²) in [7, 11) is -4.75. The number of epoxide rings is 1. The fourth-order valence-corrected chi connectivity index (χ4v) is 6.19. The molecule has 0 aromatic carbocycles. The molecule has 1 rings (SSSR count). The summed E-state index contributed by atoms with van der Waals surface area (Å²) < 4.78 is 38.3. The van der Waals surface area contributed by atoms with Crippen molar-refractivity contribution >= 4 is 25.7 Å². The van der Waals surface area contributed by atoms with Crippen LogP contribution in [0.25, 0.3) is 0 Å². The summed E-state index contributed by atoms with van der Waals surface area (Å²) in [5.74, 6) is -2.54. The molecule has 0 spiro atoms. The van der Waals surface area contributed by atoms with Crippen LogP contribution in [0.3, 0.4) is 0 Å². The van der Waals surface area contributed by atoms with Gasteiger partial charge < -0.3 is 29.9 Å². The van der Waals surface area contributed by atoms with Crippen LogP contribution >= 0.6 is 7.82 Å². The van der Waals surface area contributed by atoms with Crippen molar-refractivity contribution in [2.24, 2.45) is 5.73 Å². The summed E-state index contributed by atoms with van der Waals surface area (Å²) in [6.45, 7) is 2.44. The van der Waals surface area contributed by atoms with Crippen LogP contribution in [-0.2, 0) is 42.2 Å². The molecule has 5 atom stereocenters. The van der Waals surface area contributed by atoms with Gasteiger partial charge in [-0.1, -0.05) is 136 Å². The molecular weight excluding hydrogens is 797 g/mol. The lowest BCUT2D eigenvalue weighted by atomic mass is 10.1. The number of phosphoric acid groups is 1. The van der Waals surface area contributed by atoms with E-state index in [0.717, 1.165) is 89.9 Å². The molecule has 3 unspecified atom stereocenters. The number of carboxylic acid groups (broad SMARTS) is 1. The van der Waals surface area contributed by atoms with Gasteiger partial charge in [0.25, 0.3) is 0 Å². The summed E-state index contributed by atoms with van der Waals surface area (Å²) in [4.78, 5) is 46.0. The number of carbonyl (C=O) groups is 3. The number of esters is 2. The van der Waals surface area contributed by atoms with Crippen LogP contribution in [0.2, 0.25) is 0 Å². The zero-order chi connectivity index (χ0) is 44.7. The Labute approximate surface area is 365 Å². The normalized spacial score (nSPS) is 18.0. The second-order valence-corrected chi connectivity index (χ2v) is 15.9. The number of hydrogen-bond donors (Lipinski definition) is 3. The Morgan fingerprint density at radius 3 is 1.61 bits per heavy atom. The van der Waals surface area contributed by atoms with Crippen LogP contribution in [0.1, 0.15) is 129 Å². The SMILES string of the molecule is CC/C=C\C/C=C\C/C=C\C/C=C\CCCCCCC(=O)O[C@H](COC(=O)CC/C=C\C/C=C\C/C=C\C/C=C\CC1OC1C/C=C\CC)COP(=O)(O)OC[C@H](N)C(=O)O. The van der Waals surface area contributed by atoms with E-state index in [0.29, 0.717) is 25.0 Å². The van der Waals surface area contributed by atoms with E-state index in [-0.39, 0.29) is 12.8 Å². The van der Waals surface area contributed by atoms with Crippen LogP contribution in [0.15, 0.2) is 109 Å². The van der Waals surface area contributed by atoms with Crippen LogP contribution in [0.4, 0.5) is 0 Å². The molecule has 0 amide bonds. The second kappa shape index (κ2) is 37.8. The highest BCUT2D eigenvalue weighted by atomic mass is 31.2. The van der Waals surface area contributed by atoms with Gasteiger partial charge in [-0.15, -0.1) is 0 Å². The molecule has 0 aromatic heterocycles. The number of carboxylic acids is 1.